The van der Waals surface area contributed by atoms with E-state index in [0.29, 0.717) is 19.4 Å². The fraction of sp³-hybridized carbons (Fsp3) is 0.700. The Bertz CT molecular complexity index is 332. The summed E-state index contributed by atoms with van der Waals surface area (Å²) in [5.41, 5.74) is 5.00. The summed E-state index contributed by atoms with van der Waals surface area (Å²) in [5.74, 6) is -1.51. The summed E-state index contributed by atoms with van der Waals surface area (Å²) in [6.07, 6.45) is 1.18. The average Bonchev–Trinajstić information content (AvgIpc) is 2.63. The van der Waals surface area contributed by atoms with Crippen molar-refractivity contribution in [2.45, 2.75) is 38.3 Å². The number of amides is 3. The maximum Gasteiger partial charge on any atom is 0.326 e. The molecule has 1 rings (SSSR count). The summed E-state index contributed by atoms with van der Waals surface area (Å²) in [4.78, 5) is 34.6. The van der Waals surface area contributed by atoms with Crippen molar-refractivity contribution < 1.29 is 19.5 Å². The van der Waals surface area contributed by atoms with Gasteiger partial charge in [0.05, 0.1) is 0 Å². The van der Waals surface area contributed by atoms with Gasteiger partial charge >= 0.3 is 12.0 Å². The molecule has 7 heteroatoms. The Morgan fingerprint density at radius 2 is 2.18 bits per heavy atom. The minimum atomic E-state index is -1.000. The second-order valence-corrected chi connectivity index (χ2v) is 4.21. The molecule has 1 aliphatic rings. The molecule has 17 heavy (non-hydrogen) atoms. The molecule has 0 spiro atoms. The summed E-state index contributed by atoms with van der Waals surface area (Å²) in [7, 11) is 0. The molecule has 0 aliphatic carbocycles. The Morgan fingerprint density at radius 3 is 2.71 bits per heavy atom. The Balaban J connectivity index is 2.52. The number of primary amides is 1. The number of nitrogens with zero attached hydrogens (tertiary/aromatic N) is 1. The van der Waals surface area contributed by atoms with Gasteiger partial charge in [0.15, 0.2) is 0 Å². The van der Waals surface area contributed by atoms with Crippen molar-refractivity contribution in [2.24, 2.45) is 5.73 Å². The molecule has 0 aromatic rings. The van der Waals surface area contributed by atoms with Crippen LogP contribution in [0.1, 0.15) is 26.2 Å². The van der Waals surface area contributed by atoms with Gasteiger partial charge in [-0.3, -0.25) is 4.79 Å². The number of nitrogens with one attached hydrogen (secondary N) is 1. The van der Waals surface area contributed by atoms with E-state index in [4.69, 9.17) is 10.8 Å². The van der Waals surface area contributed by atoms with E-state index in [1.54, 1.807) is 6.92 Å². The van der Waals surface area contributed by atoms with Gasteiger partial charge in [-0.25, -0.2) is 9.59 Å². The van der Waals surface area contributed by atoms with Crippen LogP contribution in [0.4, 0.5) is 4.79 Å². The van der Waals surface area contributed by atoms with Crippen molar-refractivity contribution in [2.75, 3.05) is 6.54 Å². The normalized spacial score (nSPS) is 21.0. The molecule has 1 heterocycles. The van der Waals surface area contributed by atoms with Crippen molar-refractivity contribution in [3.8, 4) is 0 Å². The first-order chi connectivity index (χ1) is 7.91. The Labute approximate surface area is 98.9 Å². The molecule has 0 saturated carbocycles. The number of aliphatic carboxylic acids is 1. The smallest absolute Gasteiger partial charge is 0.326 e. The van der Waals surface area contributed by atoms with E-state index >= 15 is 0 Å². The fourth-order valence-corrected chi connectivity index (χ4v) is 1.91. The van der Waals surface area contributed by atoms with Gasteiger partial charge in [0.25, 0.3) is 0 Å². The van der Waals surface area contributed by atoms with Crippen molar-refractivity contribution in [1.29, 1.82) is 0 Å². The van der Waals surface area contributed by atoms with Crippen LogP contribution in [0.5, 0.6) is 0 Å². The molecular formula is C10H17N3O4. The van der Waals surface area contributed by atoms with Crippen LogP contribution in [-0.2, 0) is 9.59 Å². The van der Waals surface area contributed by atoms with E-state index in [0.717, 1.165) is 0 Å². The van der Waals surface area contributed by atoms with Gasteiger partial charge in [-0.05, 0) is 19.8 Å². The quantitative estimate of drug-likeness (QED) is 0.618. The second-order valence-electron chi connectivity index (χ2n) is 4.21. The number of hydrogen-bond acceptors (Lipinski definition) is 3. The predicted molar refractivity (Wildman–Crippen MR) is 59.2 cm³/mol. The third-order valence-electron chi connectivity index (χ3n) is 2.68. The highest BCUT2D eigenvalue weighted by Crippen LogP contribution is 2.17. The topological polar surface area (TPSA) is 113 Å². The number of rotatable bonds is 4. The molecule has 0 aromatic carbocycles. The van der Waals surface area contributed by atoms with Gasteiger partial charge in [0.2, 0.25) is 5.91 Å². The summed E-state index contributed by atoms with van der Waals surface area (Å²) < 4.78 is 0. The minimum Gasteiger partial charge on any atom is -0.480 e. The minimum absolute atomic E-state index is 0.0390. The summed E-state index contributed by atoms with van der Waals surface area (Å²) in [6.45, 7) is 2.07. The number of nitrogens with two attached hydrogens (primary N) is 1. The zero-order valence-electron chi connectivity index (χ0n) is 9.68. The predicted octanol–water partition coefficient (Wildman–Crippen LogP) is -0.491. The molecule has 0 aromatic heterocycles. The maximum absolute atomic E-state index is 11.8. The van der Waals surface area contributed by atoms with Crippen LogP contribution in [0.25, 0.3) is 0 Å². The molecule has 1 fully saturated rings. The first-order valence-corrected chi connectivity index (χ1v) is 5.50. The average molecular weight is 243 g/mol. The van der Waals surface area contributed by atoms with E-state index in [-0.39, 0.29) is 6.42 Å². The first kappa shape index (κ1) is 13.3. The number of hydrogen-bond donors (Lipinski definition) is 3. The van der Waals surface area contributed by atoms with Crippen LogP contribution >= 0.6 is 0 Å². The number of carbonyl (C=O) groups is 3. The van der Waals surface area contributed by atoms with Crippen molar-refractivity contribution in [3.63, 3.8) is 0 Å². The van der Waals surface area contributed by atoms with Gasteiger partial charge in [0, 0.05) is 19.0 Å². The molecule has 96 valence electrons. The standard InChI is InChI=1S/C10H17N3O4/c1-6(5-8(11)14)12-10(17)13-4-2-3-7(13)9(15)16/h6-7H,2-5H2,1H3,(H2,11,14)(H,12,17)(H,15,16)/t6?,7-/m1/s1. The molecule has 0 radical (unpaired) electrons. The van der Waals surface area contributed by atoms with E-state index < -0.39 is 30.0 Å². The Morgan fingerprint density at radius 1 is 1.53 bits per heavy atom. The van der Waals surface area contributed by atoms with Crippen molar-refractivity contribution in [3.05, 3.63) is 0 Å². The number of carboxylic acid groups (broad SMARTS) is 1. The lowest BCUT2D eigenvalue weighted by molar-refractivity contribution is -0.141. The zero-order valence-corrected chi connectivity index (χ0v) is 9.68. The van der Waals surface area contributed by atoms with Crippen LogP contribution in [0.2, 0.25) is 0 Å². The molecule has 3 amide bonds. The van der Waals surface area contributed by atoms with Gasteiger partial charge in [0.1, 0.15) is 6.04 Å². The third kappa shape index (κ3) is 3.61. The maximum atomic E-state index is 11.8. The lowest BCUT2D eigenvalue weighted by atomic mass is 10.2. The second kappa shape index (κ2) is 5.51. The highest BCUT2D eigenvalue weighted by molar-refractivity contribution is 5.84. The van der Waals surface area contributed by atoms with Crippen LogP contribution in [0.15, 0.2) is 0 Å². The summed E-state index contributed by atoms with van der Waals surface area (Å²) >= 11 is 0. The van der Waals surface area contributed by atoms with Gasteiger partial charge in [-0.15, -0.1) is 0 Å². The van der Waals surface area contributed by atoms with Gasteiger partial charge in [-0.2, -0.15) is 0 Å². The van der Waals surface area contributed by atoms with Gasteiger partial charge in [-0.1, -0.05) is 0 Å². The molecule has 2 atom stereocenters. The highest BCUT2D eigenvalue weighted by atomic mass is 16.4. The SMILES string of the molecule is CC(CC(N)=O)NC(=O)N1CCC[C@@H]1C(=O)O. The number of urea groups is 1. The zero-order chi connectivity index (χ0) is 13.0. The molecular weight excluding hydrogens is 226 g/mol. The molecule has 4 N–H and O–H groups in total. The van der Waals surface area contributed by atoms with E-state index in [1.807, 2.05) is 0 Å². The third-order valence-corrected chi connectivity index (χ3v) is 2.68. The Hall–Kier alpha value is -1.79. The van der Waals surface area contributed by atoms with E-state index in [9.17, 15) is 14.4 Å². The monoisotopic (exact) mass is 243 g/mol. The van der Waals surface area contributed by atoms with Crippen LogP contribution < -0.4 is 11.1 Å². The largest absolute Gasteiger partial charge is 0.480 e. The van der Waals surface area contributed by atoms with Crippen molar-refractivity contribution >= 4 is 17.9 Å². The number of carboxylic acids is 1. The summed E-state index contributed by atoms with van der Waals surface area (Å²) in [6, 6.07) is -1.62. The fourth-order valence-electron chi connectivity index (χ4n) is 1.91. The lowest BCUT2D eigenvalue weighted by Crippen LogP contribution is -2.49. The number of likely N-dealkylation sites (tertiary alicyclic amines) is 1. The molecule has 1 unspecified atom stereocenters. The molecule has 1 saturated heterocycles. The molecule has 0 bridgehead atoms. The number of carbonyl (C=O) groups excluding carboxylic acids is 2. The molecule has 7 nitrogen and oxygen atoms in total. The van der Waals surface area contributed by atoms with Crippen LogP contribution in [-0.4, -0.2) is 46.5 Å². The van der Waals surface area contributed by atoms with E-state index in [1.165, 1.54) is 4.90 Å². The Kier molecular flexibility index (Phi) is 4.30. The van der Waals surface area contributed by atoms with Crippen LogP contribution in [0.3, 0.4) is 0 Å². The first-order valence-electron chi connectivity index (χ1n) is 5.50. The highest BCUT2D eigenvalue weighted by Gasteiger charge is 2.34. The van der Waals surface area contributed by atoms with E-state index in [2.05, 4.69) is 5.32 Å². The lowest BCUT2D eigenvalue weighted by Gasteiger charge is -2.23. The summed E-state index contributed by atoms with van der Waals surface area (Å²) in [5, 5.41) is 11.5. The van der Waals surface area contributed by atoms with Gasteiger partial charge < -0.3 is 21.1 Å². The van der Waals surface area contributed by atoms with Crippen molar-refractivity contribution in [1.82, 2.24) is 10.2 Å². The molecule has 1 aliphatic heterocycles. The van der Waals surface area contributed by atoms with Crippen LogP contribution in [0, 0.1) is 0 Å².